The Bertz CT molecular complexity index is 1060. The van der Waals surface area contributed by atoms with Crippen molar-refractivity contribution in [1.29, 1.82) is 0 Å². The van der Waals surface area contributed by atoms with Gasteiger partial charge in [0.05, 0.1) is 18.7 Å². The van der Waals surface area contributed by atoms with E-state index in [-0.39, 0.29) is 12.0 Å². The van der Waals surface area contributed by atoms with E-state index in [2.05, 4.69) is 16.8 Å². The van der Waals surface area contributed by atoms with Crippen molar-refractivity contribution < 1.29 is 14.3 Å². The number of nitrogens with one attached hydrogen (secondary N) is 1. The van der Waals surface area contributed by atoms with Crippen molar-refractivity contribution in [1.82, 2.24) is 9.47 Å². The van der Waals surface area contributed by atoms with Crippen LogP contribution < -0.4 is 5.32 Å². The van der Waals surface area contributed by atoms with Crippen LogP contribution in [0.25, 0.3) is 0 Å². The molecule has 0 fully saturated rings. The zero-order valence-electron chi connectivity index (χ0n) is 19.1. The van der Waals surface area contributed by atoms with E-state index in [0.29, 0.717) is 37.5 Å². The van der Waals surface area contributed by atoms with Crippen molar-refractivity contribution in [2.75, 3.05) is 18.5 Å². The van der Waals surface area contributed by atoms with E-state index < -0.39 is 0 Å². The molecule has 0 unspecified atom stereocenters. The van der Waals surface area contributed by atoms with Crippen molar-refractivity contribution in [2.24, 2.45) is 0 Å². The summed E-state index contributed by atoms with van der Waals surface area (Å²) in [5, 5.41) is 3.67. The number of anilines is 1. The SMILES string of the molecule is CCCCN(Cc1cccn1Cc1ccccc1Cl)C(=O)Nc1ccc(C(=O)OCC)cc1. The fourth-order valence-electron chi connectivity index (χ4n) is 3.46. The van der Waals surface area contributed by atoms with Crippen LogP contribution in [0.3, 0.4) is 0 Å². The molecule has 174 valence electrons. The van der Waals surface area contributed by atoms with Crippen molar-refractivity contribution >= 4 is 29.3 Å². The molecular formula is C26H30ClN3O3. The largest absolute Gasteiger partial charge is 0.462 e. The van der Waals surface area contributed by atoms with Crippen LogP contribution in [0.2, 0.25) is 5.02 Å². The molecule has 2 aromatic carbocycles. The van der Waals surface area contributed by atoms with Gasteiger partial charge in [0.25, 0.3) is 0 Å². The number of halogens is 1. The van der Waals surface area contributed by atoms with Crippen LogP contribution in [0, 0.1) is 0 Å². The third kappa shape index (κ3) is 6.86. The zero-order valence-corrected chi connectivity index (χ0v) is 19.8. The molecule has 3 aromatic rings. The number of urea groups is 1. The number of benzene rings is 2. The fraction of sp³-hybridized carbons (Fsp3) is 0.308. The lowest BCUT2D eigenvalue weighted by molar-refractivity contribution is 0.0526. The maximum Gasteiger partial charge on any atom is 0.338 e. The first kappa shape index (κ1) is 24.4. The number of carbonyl (C=O) groups excluding carboxylic acids is 2. The van der Waals surface area contributed by atoms with Gasteiger partial charge in [0, 0.05) is 35.7 Å². The van der Waals surface area contributed by atoms with Gasteiger partial charge in [-0.05, 0) is 61.4 Å². The summed E-state index contributed by atoms with van der Waals surface area (Å²) in [6, 6.07) is 18.3. The molecule has 1 aromatic heterocycles. The highest BCUT2D eigenvalue weighted by atomic mass is 35.5. The zero-order chi connectivity index (χ0) is 23.6. The molecule has 0 saturated carbocycles. The third-order valence-corrected chi connectivity index (χ3v) is 5.66. The van der Waals surface area contributed by atoms with Crippen molar-refractivity contribution in [3.8, 4) is 0 Å². The second-order valence-corrected chi connectivity index (χ2v) is 8.13. The Morgan fingerprint density at radius 1 is 1.03 bits per heavy atom. The second kappa shape index (κ2) is 12.1. The van der Waals surface area contributed by atoms with Gasteiger partial charge < -0.3 is 19.5 Å². The lowest BCUT2D eigenvalue weighted by Gasteiger charge is -2.24. The van der Waals surface area contributed by atoms with E-state index in [1.807, 2.05) is 42.6 Å². The van der Waals surface area contributed by atoms with Gasteiger partial charge in [-0.1, -0.05) is 43.1 Å². The molecule has 0 saturated heterocycles. The van der Waals surface area contributed by atoms with Gasteiger partial charge in [0.15, 0.2) is 0 Å². The minimum atomic E-state index is -0.376. The number of esters is 1. The van der Waals surface area contributed by atoms with Crippen LogP contribution in [0.15, 0.2) is 66.9 Å². The number of aromatic nitrogens is 1. The molecule has 0 bridgehead atoms. The molecule has 0 aliphatic heterocycles. The minimum absolute atomic E-state index is 0.183. The third-order valence-electron chi connectivity index (χ3n) is 5.29. The van der Waals surface area contributed by atoms with E-state index >= 15 is 0 Å². The fourth-order valence-corrected chi connectivity index (χ4v) is 3.66. The average molecular weight is 468 g/mol. The number of ether oxygens (including phenoxy) is 1. The van der Waals surface area contributed by atoms with Crippen LogP contribution >= 0.6 is 11.6 Å². The van der Waals surface area contributed by atoms with Crippen molar-refractivity contribution in [3.05, 3.63) is 88.7 Å². The van der Waals surface area contributed by atoms with Crippen LogP contribution in [0.4, 0.5) is 10.5 Å². The summed E-state index contributed by atoms with van der Waals surface area (Å²) in [5.41, 5.74) is 3.14. The van der Waals surface area contributed by atoms with Gasteiger partial charge in [-0.25, -0.2) is 9.59 Å². The number of unbranched alkanes of at least 4 members (excludes halogenated alkanes) is 1. The summed E-state index contributed by atoms with van der Waals surface area (Å²) >= 11 is 6.34. The molecule has 1 heterocycles. The Morgan fingerprint density at radius 2 is 1.79 bits per heavy atom. The Balaban J connectivity index is 1.70. The van der Waals surface area contributed by atoms with Gasteiger partial charge in [-0.15, -0.1) is 0 Å². The van der Waals surface area contributed by atoms with Gasteiger partial charge >= 0.3 is 12.0 Å². The molecule has 6 nitrogen and oxygen atoms in total. The minimum Gasteiger partial charge on any atom is -0.462 e. The summed E-state index contributed by atoms with van der Waals surface area (Å²) in [5.74, 6) is -0.376. The van der Waals surface area contributed by atoms with E-state index in [9.17, 15) is 9.59 Å². The maximum atomic E-state index is 13.1. The first-order valence-corrected chi connectivity index (χ1v) is 11.6. The van der Waals surface area contributed by atoms with Crippen LogP contribution in [0.5, 0.6) is 0 Å². The predicted molar refractivity (Wildman–Crippen MR) is 132 cm³/mol. The summed E-state index contributed by atoms with van der Waals surface area (Å²) < 4.78 is 7.12. The number of hydrogen-bond acceptors (Lipinski definition) is 3. The Hall–Kier alpha value is -3.25. The number of amides is 2. The van der Waals surface area contributed by atoms with E-state index in [1.165, 1.54) is 0 Å². The van der Waals surface area contributed by atoms with Gasteiger partial charge in [0.2, 0.25) is 0 Å². The van der Waals surface area contributed by atoms with E-state index in [4.69, 9.17) is 16.3 Å². The number of rotatable bonds is 10. The molecule has 7 heteroatoms. The summed E-state index contributed by atoms with van der Waals surface area (Å²) in [6.45, 7) is 5.94. The molecule has 3 rings (SSSR count). The molecule has 0 spiro atoms. The first-order chi connectivity index (χ1) is 16.0. The summed E-state index contributed by atoms with van der Waals surface area (Å²) in [4.78, 5) is 26.7. The van der Waals surface area contributed by atoms with Gasteiger partial charge in [0.1, 0.15) is 0 Å². The van der Waals surface area contributed by atoms with Crippen molar-refractivity contribution in [2.45, 2.75) is 39.8 Å². The Labute approximate surface area is 200 Å². The molecule has 0 aliphatic carbocycles. The molecule has 2 amide bonds. The normalized spacial score (nSPS) is 10.6. The van der Waals surface area contributed by atoms with E-state index in [1.54, 1.807) is 36.1 Å². The highest BCUT2D eigenvalue weighted by molar-refractivity contribution is 6.31. The Kier molecular flexibility index (Phi) is 8.95. The lowest BCUT2D eigenvalue weighted by atomic mass is 10.2. The quantitative estimate of drug-likeness (QED) is 0.361. The first-order valence-electron chi connectivity index (χ1n) is 11.2. The summed E-state index contributed by atoms with van der Waals surface area (Å²) in [7, 11) is 0. The lowest BCUT2D eigenvalue weighted by Crippen LogP contribution is -2.36. The molecule has 0 atom stereocenters. The topological polar surface area (TPSA) is 63.6 Å². The van der Waals surface area contributed by atoms with Gasteiger partial charge in [-0.3, -0.25) is 0 Å². The monoisotopic (exact) mass is 467 g/mol. The van der Waals surface area contributed by atoms with Crippen LogP contribution in [-0.4, -0.2) is 34.6 Å². The average Bonchev–Trinajstić information content (AvgIpc) is 3.25. The smallest absolute Gasteiger partial charge is 0.338 e. The second-order valence-electron chi connectivity index (χ2n) is 7.72. The Morgan fingerprint density at radius 3 is 2.48 bits per heavy atom. The number of hydrogen-bond donors (Lipinski definition) is 1. The molecule has 0 radical (unpaired) electrons. The highest BCUT2D eigenvalue weighted by Gasteiger charge is 2.16. The maximum absolute atomic E-state index is 13.1. The molecule has 0 aliphatic rings. The molecule has 33 heavy (non-hydrogen) atoms. The molecule has 1 N–H and O–H groups in total. The van der Waals surface area contributed by atoms with E-state index in [0.717, 1.165) is 29.1 Å². The van der Waals surface area contributed by atoms with Crippen LogP contribution in [0.1, 0.15) is 48.3 Å². The molecular weight excluding hydrogens is 438 g/mol. The van der Waals surface area contributed by atoms with Crippen molar-refractivity contribution in [3.63, 3.8) is 0 Å². The summed E-state index contributed by atoms with van der Waals surface area (Å²) in [6.07, 6.45) is 3.89. The number of nitrogens with zero attached hydrogens (tertiary/aromatic N) is 2. The number of carbonyl (C=O) groups is 2. The predicted octanol–water partition coefficient (Wildman–Crippen LogP) is 6.20. The standard InChI is InChI=1S/C26H30ClN3O3/c1-3-5-16-30(26(32)28-22-14-12-20(13-15-22)25(31)33-4-2)19-23-10-8-17-29(23)18-21-9-6-7-11-24(21)27/h6-15,17H,3-5,16,18-19H2,1-2H3,(H,28,32). The highest BCUT2D eigenvalue weighted by Crippen LogP contribution is 2.19. The van der Waals surface area contributed by atoms with Crippen LogP contribution in [-0.2, 0) is 17.8 Å². The van der Waals surface area contributed by atoms with Gasteiger partial charge in [-0.2, -0.15) is 0 Å².